The summed E-state index contributed by atoms with van der Waals surface area (Å²) in [6, 6.07) is 0. The minimum absolute atomic E-state index is 0.0244. The SMILES string of the molecule is C[SiH](C)OC(=O)/C=C/C(=O)OC1CCCCC1. The van der Waals surface area contributed by atoms with Crippen LogP contribution in [0.1, 0.15) is 32.1 Å². The summed E-state index contributed by atoms with van der Waals surface area (Å²) in [7, 11) is -1.38. The number of hydrogen-bond acceptors (Lipinski definition) is 4. The first-order valence-electron chi connectivity index (χ1n) is 6.17. The van der Waals surface area contributed by atoms with E-state index in [4.69, 9.17) is 9.16 Å². The second-order valence-corrected chi connectivity index (χ2v) is 6.85. The number of carbonyl (C=O) groups is 2. The maximum absolute atomic E-state index is 11.4. The van der Waals surface area contributed by atoms with Gasteiger partial charge >= 0.3 is 11.9 Å². The highest BCUT2D eigenvalue weighted by molar-refractivity contribution is 6.50. The average Bonchev–Trinajstić information content (AvgIpc) is 2.27. The van der Waals surface area contributed by atoms with Crippen LogP contribution in [-0.2, 0) is 18.8 Å². The van der Waals surface area contributed by atoms with E-state index in [1.807, 2.05) is 13.1 Å². The Morgan fingerprint density at radius 3 is 2.24 bits per heavy atom. The van der Waals surface area contributed by atoms with Crippen LogP contribution in [-0.4, -0.2) is 27.1 Å². The van der Waals surface area contributed by atoms with E-state index in [9.17, 15) is 9.59 Å². The molecule has 0 N–H and O–H groups in total. The molecule has 0 saturated heterocycles. The third-order valence-corrected chi connectivity index (χ3v) is 3.25. The molecule has 0 aromatic rings. The zero-order valence-electron chi connectivity index (χ0n) is 10.5. The molecule has 1 saturated carbocycles. The predicted molar refractivity (Wildman–Crippen MR) is 67.1 cm³/mol. The first kappa shape index (κ1) is 14.0. The Labute approximate surface area is 104 Å². The van der Waals surface area contributed by atoms with Crippen LogP contribution in [0.15, 0.2) is 12.2 Å². The topological polar surface area (TPSA) is 52.6 Å². The monoisotopic (exact) mass is 256 g/mol. The van der Waals surface area contributed by atoms with Gasteiger partial charge < -0.3 is 9.16 Å². The molecule has 0 aliphatic heterocycles. The van der Waals surface area contributed by atoms with E-state index in [-0.39, 0.29) is 6.10 Å². The average molecular weight is 256 g/mol. The van der Waals surface area contributed by atoms with Crippen LogP contribution in [0.2, 0.25) is 13.1 Å². The van der Waals surface area contributed by atoms with E-state index in [1.165, 1.54) is 6.42 Å². The van der Waals surface area contributed by atoms with Gasteiger partial charge in [0.1, 0.15) is 6.10 Å². The van der Waals surface area contributed by atoms with Crippen LogP contribution in [0, 0.1) is 0 Å². The fourth-order valence-corrected chi connectivity index (χ4v) is 2.34. The lowest BCUT2D eigenvalue weighted by atomic mass is 9.98. The van der Waals surface area contributed by atoms with Gasteiger partial charge in [-0.25, -0.2) is 9.59 Å². The Bertz CT molecular complexity index is 293. The van der Waals surface area contributed by atoms with Crippen molar-refractivity contribution >= 4 is 21.0 Å². The number of rotatable bonds is 4. The predicted octanol–water partition coefficient (Wildman–Crippen LogP) is 1.95. The molecule has 1 fully saturated rings. The maximum atomic E-state index is 11.4. The summed E-state index contributed by atoms with van der Waals surface area (Å²) in [5.74, 6) is -0.897. The summed E-state index contributed by atoms with van der Waals surface area (Å²) in [4.78, 5) is 22.6. The van der Waals surface area contributed by atoms with E-state index in [0.717, 1.165) is 37.8 Å². The molecule has 17 heavy (non-hydrogen) atoms. The van der Waals surface area contributed by atoms with Gasteiger partial charge in [-0.05, 0) is 38.8 Å². The molecule has 5 heteroatoms. The second-order valence-electron chi connectivity index (χ2n) is 4.52. The van der Waals surface area contributed by atoms with E-state index < -0.39 is 21.0 Å². The van der Waals surface area contributed by atoms with Crippen molar-refractivity contribution in [3.8, 4) is 0 Å². The van der Waals surface area contributed by atoms with Gasteiger partial charge in [0.05, 0.1) is 0 Å². The molecule has 0 atom stereocenters. The van der Waals surface area contributed by atoms with E-state index >= 15 is 0 Å². The van der Waals surface area contributed by atoms with Crippen LogP contribution in [0.4, 0.5) is 0 Å². The third-order valence-electron chi connectivity index (χ3n) is 2.54. The van der Waals surface area contributed by atoms with Crippen molar-refractivity contribution in [1.29, 1.82) is 0 Å². The van der Waals surface area contributed by atoms with Crippen molar-refractivity contribution in [2.24, 2.45) is 0 Å². The van der Waals surface area contributed by atoms with Crippen LogP contribution >= 0.6 is 0 Å². The fraction of sp³-hybridized carbons (Fsp3) is 0.667. The van der Waals surface area contributed by atoms with Crippen molar-refractivity contribution in [1.82, 2.24) is 0 Å². The lowest BCUT2D eigenvalue weighted by Gasteiger charge is -2.20. The molecule has 1 aliphatic carbocycles. The summed E-state index contributed by atoms with van der Waals surface area (Å²) < 4.78 is 10.2. The number of ether oxygens (including phenoxy) is 1. The molecule has 0 amide bonds. The molecular formula is C12H20O4Si. The van der Waals surface area contributed by atoms with Crippen LogP contribution in [0.3, 0.4) is 0 Å². The van der Waals surface area contributed by atoms with Crippen molar-refractivity contribution < 1.29 is 18.8 Å². The molecule has 0 unspecified atom stereocenters. The molecule has 0 spiro atoms. The highest BCUT2D eigenvalue weighted by Crippen LogP contribution is 2.20. The molecule has 0 radical (unpaired) electrons. The van der Waals surface area contributed by atoms with E-state index in [2.05, 4.69) is 0 Å². The molecule has 0 heterocycles. The van der Waals surface area contributed by atoms with Crippen molar-refractivity contribution in [2.75, 3.05) is 0 Å². The minimum atomic E-state index is -1.38. The van der Waals surface area contributed by atoms with Gasteiger partial charge in [-0.2, -0.15) is 0 Å². The Hall–Kier alpha value is -1.10. The number of carbonyl (C=O) groups excluding carboxylic acids is 2. The van der Waals surface area contributed by atoms with Crippen molar-refractivity contribution in [3.05, 3.63) is 12.2 Å². The molecule has 0 bridgehead atoms. The molecule has 0 aromatic carbocycles. The summed E-state index contributed by atoms with van der Waals surface area (Å²) in [6.45, 7) is 3.79. The first-order valence-corrected chi connectivity index (χ1v) is 8.95. The van der Waals surface area contributed by atoms with Gasteiger partial charge in [0.15, 0.2) is 0 Å². The first-order chi connectivity index (χ1) is 8.08. The Balaban J connectivity index is 2.28. The molecular weight excluding hydrogens is 236 g/mol. The maximum Gasteiger partial charge on any atom is 0.331 e. The normalized spacial score (nSPS) is 17.4. The largest absolute Gasteiger partial charge is 0.519 e. The summed E-state index contributed by atoms with van der Waals surface area (Å²) in [5.41, 5.74) is 0. The van der Waals surface area contributed by atoms with Gasteiger partial charge in [-0.15, -0.1) is 0 Å². The van der Waals surface area contributed by atoms with Gasteiger partial charge in [0.2, 0.25) is 9.04 Å². The Morgan fingerprint density at radius 1 is 1.06 bits per heavy atom. The number of esters is 1. The second kappa shape index (κ2) is 7.27. The zero-order chi connectivity index (χ0) is 12.7. The Kier molecular flexibility index (Phi) is 5.97. The molecule has 0 aromatic heterocycles. The van der Waals surface area contributed by atoms with Gasteiger partial charge in [-0.3, -0.25) is 0 Å². The minimum Gasteiger partial charge on any atom is -0.519 e. The number of hydrogen-bond donors (Lipinski definition) is 0. The quantitative estimate of drug-likeness (QED) is 0.438. The standard InChI is InChI=1S/C12H20O4Si/c1-17(2)16-12(14)9-8-11(13)15-10-6-4-3-5-7-10/h8-10,17H,3-7H2,1-2H3/b9-8+. The van der Waals surface area contributed by atoms with Crippen LogP contribution in [0.5, 0.6) is 0 Å². The summed E-state index contributed by atoms with van der Waals surface area (Å²) in [6.07, 6.45) is 7.65. The highest BCUT2D eigenvalue weighted by atomic mass is 28.3. The molecule has 1 rings (SSSR count). The fourth-order valence-electron chi connectivity index (χ4n) is 1.79. The van der Waals surface area contributed by atoms with Crippen LogP contribution < -0.4 is 0 Å². The van der Waals surface area contributed by atoms with Crippen molar-refractivity contribution in [2.45, 2.75) is 51.3 Å². The third kappa shape index (κ3) is 6.26. The molecule has 96 valence electrons. The highest BCUT2D eigenvalue weighted by Gasteiger charge is 2.16. The summed E-state index contributed by atoms with van der Waals surface area (Å²) >= 11 is 0. The lowest BCUT2D eigenvalue weighted by molar-refractivity contribution is -0.144. The van der Waals surface area contributed by atoms with Crippen molar-refractivity contribution in [3.63, 3.8) is 0 Å². The summed E-state index contributed by atoms with van der Waals surface area (Å²) in [5, 5.41) is 0. The van der Waals surface area contributed by atoms with Gasteiger partial charge in [-0.1, -0.05) is 6.42 Å². The zero-order valence-corrected chi connectivity index (χ0v) is 11.6. The molecule has 1 aliphatic rings. The Morgan fingerprint density at radius 2 is 1.65 bits per heavy atom. The van der Waals surface area contributed by atoms with E-state index in [1.54, 1.807) is 0 Å². The van der Waals surface area contributed by atoms with Gasteiger partial charge in [0, 0.05) is 12.2 Å². The van der Waals surface area contributed by atoms with E-state index in [0.29, 0.717) is 0 Å². The lowest BCUT2D eigenvalue weighted by Crippen LogP contribution is -2.20. The van der Waals surface area contributed by atoms with Gasteiger partial charge in [0.25, 0.3) is 0 Å². The molecule has 4 nitrogen and oxygen atoms in total. The van der Waals surface area contributed by atoms with Crippen LogP contribution in [0.25, 0.3) is 0 Å². The smallest absolute Gasteiger partial charge is 0.331 e.